The minimum absolute atomic E-state index is 0.0256. The molecular formula is C21H22N2O3. The Labute approximate surface area is 152 Å². The van der Waals surface area contributed by atoms with Gasteiger partial charge in [-0.3, -0.25) is 9.59 Å². The Balaban J connectivity index is 1.37. The van der Waals surface area contributed by atoms with Gasteiger partial charge in [0.05, 0.1) is 0 Å². The van der Waals surface area contributed by atoms with E-state index in [9.17, 15) is 9.59 Å². The van der Waals surface area contributed by atoms with Crippen molar-refractivity contribution in [1.29, 1.82) is 0 Å². The minimum Gasteiger partial charge on any atom is -0.457 e. The van der Waals surface area contributed by atoms with Gasteiger partial charge < -0.3 is 15.4 Å². The molecule has 1 amide bonds. The Hall–Kier alpha value is -2.66. The van der Waals surface area contributed by atoms with Crippen LogP contribution in [0.2, 0.25) is 0 Å². The van der Waals surface area contributed by atoms with Crippen LogP contribution in [0.3, 0.4) is 0 Å². The Morgan fingerprint density at radius 1 is 0.962 bits per heavy atom. The maximum absolute atomic E-state index is 12.4. The van der Waals surface area contributed by atoms with Crippen LogP contribution in [-0.4, -0.2) is 29.8 Å². The van der Waals surface area contributed by atoms with Gasteiger partial charge in [-0.1, -0.05) is 0 Å². The SMILES string of the molecule is CC(=O)c1ccc(Oc2ccc(C(=O)NC3CC4CCC3N4)cc2)cc1. The lowest BCUT2D eigenvalue weighted by atomic mass is 9.95. The standard InChI is InChI=1S/C21H22N2O3/c1-13(24)14-2-7-17(8-3-14)26-18-9-4-15(5-10-18)21(25)23-20-12-16-6-11-19(20)22-16/h2-5,7-10,16,19-20,22H,6,11-12H2,1H3,(H,23,25). The van der Waals surface area contributed by atoms with Gasteiger partial charge in [0.15, 0.2) is 5.78 Å². The zero-order valence-electron chi connectivity index (χ0n) is 14.7. The van der Waals surface area contributed by atoms with Gasteiger partial charge in [-0.2, -0.15) is 0 Å². The fourth-order valence-electron chi connectivity index (χ4n) is 3.80. The van der Waals surface area contributed by atoms with E-state index in [1.165, 1.54) is 13.3 Å². The zero-order valence-corrected chi connectivity index (χ0v) is 14.7. The average molecular weight is 350 g/mol. The van der Waals surface area contributed by atoms with Crippen molar-refractivity contribution < 1.29 is 14.3 Å². The molecule has 0 saturated carbocycles. The third kappa shape index (κ3) is 3.48. The van der Waals surface area contributed by atoms with Crippen molar-refractivity contribution in [3.63, 3.8) is 0 Å². The Morgan fingerprint density at radius 2 is 1.58 bits per heavy atom. The number of hydrogen-bond acceptors (Lipinski definition) is 4. The molecule has 3 atom stereocenters. The number of fused-ring (bicyclic) bond motifs is 2. The fraction of sp³-hybridized carbons (Fsp3) is 0.333. The highest BCUT2D eigenvalue weighted by Gasteiger charge is 2.39. The van der Waals surface area contributed by atoms with E-state index in [4.69, 9.17) is 4.74 Å². The number of benzene rings is 2. The molecule has 2 fully saturated rings. The predicted molar refractivity (Wildman–Crippen MR) is 98.8 cm³/mol. The number of ketones is 1. The third-order valence-electron chi connectivity index (χ3n) is 5.23. The Kier molecular flexibility index (Phi) is 4.47. The van der Waals surface area contributed by atoms with Gasteiger partial charge in [0.1, 0.15) is 11.5 Å². The average Bonchev–Trinajstić information content (AvgIpc) is 3.26. The number of carbonyl (C=O) groups excluding carboxylic acids is 2. The molecule has 2 aliphatic heterocycles. The van der Waals surface area contributed by atoms with E-state index in [1.807, 2.05) is 0 Å². The van der Waals surface area contributed by atoms with Crippen LogP contribution >= 0.6 is 0 Å². The number of nitrogens with one attached hydrogen (secondary N) is 2. The molecule has 2 bridgehead atoms. The van der Waals surface area contributed by atoms with Crippen LogP contribution in [-0.2, 0) is 0 Å². The van der Waals surface area contributed by atoms with Gasteiger partial charge in [-0.25, -0.2) is 0 Å². The van der Waals surface area contributed by atoms with Crippen molar-refractivity contribution in [3.05, 3.63) is 59.7 Å². The molecule has 0 spiro atoms. The molecule has 26 heavy (non-hydrogen) atoms. The maximum atomic E-state index is 12.4. The van der Waals surface area contributed by atoms with E-state index in [0.29, 0.717) is 34.7 Å². The molecule has 2 heterocycles. The third-order valence-corrected chi connectivity index (χ3v) is 5.23. The highest BCUT2D eigenvalue weighted by Crippen LogP contribution is 2.28. The number of amides is 1. The van der Waals surface area contributed by atoms with Gasteiger partial charge in [0.25, 0.3) is 5.91 Å². The fourth-order valence-corrected chi connectivity index (χ4v) is 3.80. The quantitative estimate of drug-likeness (QED) is 0.812. The van der Waals surface area contributed by atoms with E-state index in [2.05, 4.69) is 10.6 Å². The van der Waals surface area contributed by atoms with Crippen LogP contribution in [0.25, 0.3) is 0 Å². The molecule has 2 aromatic carbocycles. The summed E-state index contributed by atoms with van der Waals surface area (Å²) in [6.07, 6.45) is 3.38. The number of ether oxygens (including phenoxy) is 1. The Morgan fingerprint density at radius 3 is 2.08 bits per heavy atom. The number of carbonyl (C=O) groups is 2. The van der Waals surface area contributed by atoms with E-state index in [-0.39, 0.29) is 17.7 Å². The first-order valence-corrected chi connectivity index (χ1v) is 9.04. The molecule has 5 heteroatoms. The second kappa shape index (κ2) is 6.92. The summed E-state index contributed by atoms with van der Waals surface area (Å²) < 4.78 is 5.77. The minimum atomic E-state index is -0.0401. The first-order valence-electron chi connectivity index (χ1n) is 9.04. The highest BCUT2D eigenvalue weighted by molar-refractivity contribution is 5.95. The van der Waals surface area contributed by atoms with Gasteiger partial charge in [-0.15, -0.1) is 0 Å². The molecule has 0 aromatic heterocycles. The Bertz CT molecular complexity index is 814. The molecule has 134 valence electrons. The van der Waals surface area contributed by atoms with Crippen LogP contribution in [0.5, 0.6) is 11.5 Å². The zero-order chi connectivity index (χ0) is 18.1. The normalized spacial score (nSPS) is 23.7. The first kappa shape index (κ1) is 16.8. The monoisotopic (exact) mass is 350 g/mol. The van der Waals surface area contributed by atoms with Gasteiger partial charge in [-0.05, 0) is 74.7 Å². The van der Waals surface area contributed by atoms with E-state index < -0.39 is 0 Å². The lowest BCUT2D eigenvalue weighted by Gasteiger charge is -2.21. The smallest absolute Gasteiger partial charge is 0.251 e. The van der Waals surface area contributed by atoms with Crippen molar-refractivity contribution in [2.45, 2.75) is 44.3 Å². The summed E-state index contributed by atoms with van der Waals surface area (Å²) in [4.78, 5) is 23.7. The summed E-state index contributed by atoms with van der Waals surface area (Å²) >= 11 is 0. The largest absolute Gasteiger partial charge is 0.457 e. The molecule has 0 aliphatic carbocycles. The topological polar surface area (TPSA) is 67.4 Å². The number of rotatable bonds is 5. The summed E-state index contributed by atoms with van der Waals surface area (Å²) in [5.74, 6) is 1.29. The second-order valence-corrected chi connectivity index (χ2v) is 7.07. The first-order chi connectivity index (χ1) is 12.6. The summed E-state index contributed by atoms with van der Waals surface area (Å²) in [5, 5.41) is 6.66. The molecule has 2 N–H and O–H groups in total. The number of hydrogen-bond donors (Lipinski definition) is 2. The van der Waals surface area contributed by atoms with Crippen molar-refractivity contribution in [2.24, 2.45) is 0 Å². The molecular weight excluding hydrogens is 328 g/mol. The molecule has 2 aromatic rings. The van der Waals surface area contributed by atoms with E-state index >= 15 is 0 Å². The van der Waals surface area contributed by atoms with Crippen LogP contribution in [0.1, 0.15) is 46.9 Å². The highest BCUT2D eigenvalue weighted by atomic mass is 16.5. The lowest BCUT2D eigenvalue weighted by Crippen LogP contribution is -2.42. The van der Waals surface area contributed by atoms with Crippen molar-refractivity contribution in [3.8, 4) is 11.5 Å². The summed E-state index contributed by atoms with van der Waals surface area (Å²) in [6, 6.07) is 15.3. The van der Waals surface area contributed by atoms with Crippen LogP contribution < -0.4 is 15.4 Å². The summed E-state index contributed by atoms with van der Waals surface area (Å²) in [5.41, 5.74) is 1.28. The lowest BCUT2D eigenvalue weighted by molar-refractivity contribution is 0.0930. The van der Waals surface area contributed by atoms with Crippen molar-refractivity contribution in [2.75, 3.05) is 0 Å². The van der Waals surface area contributed by atoms with Crippen LogP contribution in [0.15, 0.2) is 48.5 Å². The molecule has 2 aliphatic rings. The predicted octanol–water partition coefficient (Wildman–Crippen LogP) is 3.30. The molecule has 0 radical (unpaired) electrons. The molecule has 2 saturated heterocycles. The van der Waals surface area contributed by atoms with E-state index in [0.717, 1.165) is 12.8 Å². The van der Waals surface area contributed by atoms with Gasteiger partial charge in [0.2, 0.25) is 0 Å². The van der Waals surface area contributed by atoms with Gasteiger partial charge in [0, 0.05) is 29.3 Å². The van der Waals surface area contributed by atoms with Gasteiger partial charge >= 0.3 is 0 Å². The van der Waals surface area contributed by atoms with Crippen LogP contribution in [0, 0.1) is 0 Å². The summed E-state index contributed by atoms with van der Waals surface area (Å²) in [6.45, 7) is 1.53. The maximum Gasteiger partial charge on any atom is 0.251 e. The summed E-state index contributed by atoms with van der Waals surface area (Å²) in [7, 11) is 0. The molecule has 3 unspecified atom stereocenters. The van der Waals surface area contributed by atoms with Crippen molar-refractivity contribution >= 4 is 11.7 Å². The van der Waals surface area contributed by atoms with Crippen molar-refractivity contribution in [1.82, 2.24) is 10.6 Å². The van der Waals surface area contributed by atoms with Crippen LogP contribution in [0.4, 0.5) is 0 Å². The molecule has 5 nitrogen and oxygen atoms in total. The number of Topliss-reactive ketones (excluding diaryl/α,β-unsaturated/α-hetero) is 1. The second-order valence-electron chi connectivity index (χ2n) is 7.07. The molecule has 4 rings (SSSR count). The van der Waals surface area contributed by atoms with E-state index in [1.54, 1.807) is 48.5 Å².